The monoisotopic (exact) mass is 487 g/mol. The van der Waals surface area contributed by atoms with Gasteiger partial charge in [-0.2, -0.15) is 5.10 Å². The third-order valence-electron chi connectivity index (χ3n) is 5.94. The van der Waals surface area contributed by atoms with Crippen LogP contribution in [0, 0.1) is 0 Å². The van der Waals surface area contributed by atoms with E-state index in [9.17, 15) is 13.2 Å². The maximum atomic E-state index is 12.3. The molecule has 0 radical (unpaired) electrons. The average Bonchev–Trinajstić information content (AvgIpc) is 3.48. The van der Waals surface area contributed by atoms with Crippen LogP contribution in [0.1, 0.15) is 18.3 Å². The van der Waals surface area contributed by atoms with Gasteiger partial charge in [-0.25, -0.2) is 13.4 Å². The molecule has 172 valence electrons. The van der Waals surface area contributed by atoms with Crippen molar-refractivity contribution in [3.05, 3.63) is 47.5 Å². The second-order valence-corrected chi connectivity index (χ2v) is 10.5. The molecule has 4 heterocycles. The van der Waals surface area contributed by atoms with Crippen LogP contribution in [0.3, 0.4) is 0 Å². The van der Waals surface area contributed by atoms with Crippen LogP contribution < -0.4 is 5.73 Å². The van der Waals surface area contributed by atoms with Crippen molar-refractivity contribution < 1.29 is 13.2 Å². The van der Waals surface area contributed by atoms with Crippen molar-refractivity contribution in [1.29, 1.82) is 0 Å². The van der Waals surface area contributed by atoms with E-state index < -0.39 is 9.84 Å². The van der Waals surface area contributed by atoms with Gasteiger partial charge in [0.15, 0.2) is 14.9 Å². The molecule has 1 aliphatic rings. The van der Waals surface area contributed by atoms with Gasteiger partial charge >= 0.3 is 0 Å². The number of benzene rings is 1. The normalized spacial score (nSPS) is 16.8. The minimum atomic E-state index is -3.54. The summed E-state index contributed by atoms with van der Waals surface area (Å²) < 4.78 is 28.3. The number of imidazole rings is 1. The van der Waals surface area contributed by atoms with Crippen molar-refractivity contribution in [1.82, 2.24) is 29.2 Å². The van der Waals surface area contributed by atoms with E-state index in [1.807, 2.05) is 6.07 Å². The SMILES string of the molecule is CS(=O)(=O)c1nn(Cc2nc3cc(Cl)ccc3n2C2CCN(C(=O)CN)C2)c2cnccc12. The number of fused-ring (bicyclic) bond motifs is 2. The molecule has 1 amide bonds. The van der Waals surface area contributed by atoms with E-state index in [4.69, 9.17) is 22.3 Å². The van der Waals surface area contributed by atoms with Crippen LogP contribution >= 0.6 is 11.6 Å². The number of likely N-dealkylation sites (tertiary alicyclic amines) is 1. The van der Waals surface area contributed by atoms with E-state index in [-0.39, 0.29) is 30.1 Å². The number of rotatable bonds is 5. The van der Waals surface area contributed by atoms with Gasteiger partial charge in [-0.1, -0.05) is 11.6 Å². The Bertz CT molecular complexity index is 1490. The molecule has 0 bridgehead atoms. The Balaban J connectivity index is 1.63. The summed E-state index contributed by atoms with van der Waals surface area (Å²) in [5.74, 6) is 0.598. The summed E-state index contributed by atoms with van der Waals surface area (Å²) in [7, 11) is -3.54. The second kappa shape index (κ2) is 8.08. The Morgan fingerprint density at radius 1 is 1.27 bits per heavy atom. The van der Waals surface area contributed by atoms with Gasteiger partial charge in [0.2, 0.25) is 5.91 Å². The number of hydrogen-bond acceptors (Lipinski definition) is 7. The number of nitrogens with two attached hydrogens (primary N) is 1. The van der Waals surface area contributed by atoms with E-state index in [2.05, 4.69) is 14.6 Å². The van der Waals surface area contributed by atoms with Crippen molar-refractivity contribution in [3.63, 3.8) is 0 Å². The number of hydrogen-bond donors (Lipinski definition) is 1. The highest BCUT2D eigenvalue weighted by Crippen LogP contribution is 2.31. The van der Waals surface area contributed by atoms with E-state index >= 15 is 0 Å². The Morgan fingerprint density at radius 2 is 2.09 bits per heavy atom. The van der Waals surface area contributed by atoms with Gasteiger partial charge < -0.3 is 15.2 Å². The zero-order valence-electron chi connectivity index (χ0n) is 17.8. The molecule has 1 fully saturated rings. The van der Waals surface area contributed by atoms with Gasteiger partial charge in [0.25, 0.3) is 0 Å². The topological polar surface area (TPSA) is 129 Å². The Kier molecular flexibility index (Phi) is 5.34. The maximum absolute atomic E-state index is 12.3. The van der Waals surface area contributed by atoms with Gasteiger partial charge in [-0.05, 0) is 30.7 Å². The van der Waals surface area contributed by atoms with E-state index in [0.717, 1.165) is 23.7 Å². The van der Waals surface area contributed by atoms with Crippen molar-refractivity contribution >= 4 is 49.3 Å². The highest BCUT2D eigenvalue weighted by Gasteiger charge is 2.30. The number of amides is 1. The minimum Gasteiger partial charge on any atom is -0.339 e. The highest BCUT2D eigenvalue weighted by atomic mass is 35.5. The third-order valence-corrected chi connectivity index (χ3v) is 7.18. The molecule has 1 aliphatic heterocycles. The predicted molar refractivity (Wildman–Crippen MR) is 124 cm³/mol. The van der Waals surface area contributed by atoms with Crippen LogP contribution in [0.2, 0.25) is 5.02 Å². The first-order valence-corrected chi connectivity index (χ1v) is 12.7. The number of carbonyl (C=O) groups excluding carboxylic acids is 1. The molecule has 0 saturated carbocycles. The molecule has 12 heteroatoms. The fourth-order valence-electron chi connectivity index (χ4n) is 4.47. The molecule has 0 aliphatic carbocycles. The Labute approximate surface area is 194 Å². The first-order chi connectivity index (χ1) is 15.8. The second-order valence-electron chi connectivity index (χ2n) is 8.15. The molecule has 1 saturated heterocycles. The van der Waals surface area contributed by atoms with Gasteiger partial charge in [0.1, 0.15) is 5.82 Å². The number of pyridine rings is 1. The zero-order chi connectivity index (χ0) is 23.3. The summed E-state index contributed by atoms with van der Waals surface area (Å²) in [5, 5.41) is 5.48. The van der Waals surface area contributed by atoms with Gasteiger partial charge in [-0.3, -0.25) is 14.5 Å². The summed E-state index contributed by atoms with van der Waals surface area (Å²) in [6.07, 6.45) is 5.03. The molecule has 1 atom stereocenters. The predicted octanol–water partition coefficient (Wildman–Crippen LogP) is 1.62. The lowest BCUT2D eigenvalue weighted by Crippen LogP contribution is -2.34. The van der Waals surface area contributed by atoms with E-state index in [1.54, 1.807) is 40.2 Å². The van der Waals surface area contributed by atoms with E-state index in [1.165, 1.54) is 0 Å². The van der Waals surface area contributed by atoms with Crippen LogP contribution in [0.25, 0.3) is 21.9 Å². The maximum Gasteiger partial charge on any atom is 0.236 e. The van der Waals surface area contributed by atoms with Crippen molar-refractivity contribution in [2.45, 2.75) is 24.0 Å². The molecule has 5 rings (SSSR count). The molecule has 3 aromatic heterocycles. The van der Waals surface area contributed by atoms with Crippen LogP contribution in [-0.4, -0.2) is 69.4 Å². The fourth-order valence-corrected chi connectivity index (χ4v) is 5.45. The lowest BCUT2D eigenvalue weighted by atomic mass is 10.2. The average molecular weight is 488 g/mol. The standard InChI is InChI=1S/C21H22ClN7O3S/c1-33(31,32)21-15-4-6-24-10-18(15)28(26-21)12-19-25-16-8-13(22)2-3-17(16)29(19)14-5-7-27(11-14)20(30)9-23/h2-4,6,8,10,14H,5,7,9,11-12,23H2,1H3. The lowest BCUT2D eigenvalue weighted by molar-refractivity contribution is -0.128. The molecular formula is C21H22ClN7O3S. The quantitative estimate of drug-likeness (QED) is 0.452. The van der Waals surface area contributed by atoms with Gasteiger partial charge in [0, 0.05) is 36.0 Å². The number of sulfone groups is 1. The summed E-state index contributed by atoms with van der Waals surface area (Å²) in [4.78, 5) is 22.8. The Morgan fingerprint density at radius 3 is 2.85 bits per heavy atom. The van der Waals surface area contributed by atoms with Crippen LogP contribution in [0.4, 0.5) is 0 Å². The lowest BCUT2D eigenvalue weighted by Gasteiger charge is -2.19. The smallest absolute Gasteiger partial charge is 0.236 e. The number of halogens is 1. The highest BCUT2D eigenvalue weighted by molar-refractivity contribution is 7.90. The molecular weight excluding hydrogens is 466 g/mol. The molecule has 0 spiro atoms. The zero-order valence-corrected chi connectivity index (χ0v) is 19.4. The first kappa shape index (κ1) is 21.8. The summed E-state index contributed by atoms with van der Waals surface area (Å²) in [6, 6.07) is 7.14. The summed E-state index contributed by atoms with van der Waals surface area (Å²) in [6.45, 7) is 1.33. The molecule has 1 unspecified atom stereocenters. The van der Waals surface area contributed by atoms with Crippen molar-refractivity contribution in [3.8, 4) is 0 Å². The first-order valence-electron chi connectivity index (χ1n) is 10.4. The molecule has 33 heavy (non-hydrogen) atoms. The largest absolute Gasteiger partial charge is 0.339 e. The van der Waals surface area contributed by atoms with Crippen molar-refractivity contribution in [2.24, 2.45) is 5.73 Å². The summed E-state index contributed by atoms with van der Waals surface area (Å²) >= 11 is 6.21. The van der Waals surface area contributed by atoms with Crippen LogP contribution in [-0.2, 0) is 21.2 Å². The van der Waals surface area contributed by atoms with Gasteiger partial charge in [-0.15, -0.1) is 0 Å². The summed E-state index contributed by atoms with van der Waals surface area (Å²) in [5.41, 5.74) is 7.76. The molecule has 10 nitrogen and oxygen atoms in total. The number of carbonyl (C=O) groups is 1. The molecule has 2 N–H and O–H groups in total. The molecule has 1 aromatic carbocycles. The number of aromatic nitrogens is 5. The van der Waals surface area contributed by atoms with Crippen molar-refractivity contribution in [2.75, 3.05) is 25.9 Å². The minimum absolute atomic E-state index is 0.00370. The van der Waals surface area contributed by atoms with E-state index in [0.29, 0.717) is 34.8 Å². The van der Waals surface area contributed by atoms with Crippen LogP contribution in [0.5, 0.6) is 0 Å². The fraction of sp³-hybridized carbons (Fsp3) is 0.333. The van der Waals surface area contributed by atoms with Crippen LogP contribution in [0.15, 0.2) is 41.7 Å². The Hall–Kier alpha value is -3.02. The molecule has 4 aromatic rings. The number of nitrogens with zero attached hydrogens (tertiary/aromatic N) is 6. The van der Waals surface area contributed by atoms with Gasteiger partial charge in [0.05, 0.1) is 41.9 Å². The third kappa shape index (κ3) is 3.85.